The highest BCUT2D eigenvalue weighted by molar-refractivity contribution is 6.33. The minimum atomic E-state index is -1.45. The molecule has 0 spiro atoms. The standard InChI is InChI=1S/C29H22N2O3/c1-20-12-14-22(15-13-20)27-29(19-21-8-4-2-5-9-21,25-18-24(32)16-17-26(25)33)28(34)31(30-27)23-10-6-3-7-11-23/h2-18H,19H2,1H3. The first-order chi connectivity index (χ1) is 16.5. The Morgan fingerprint density at radius 2 is 1.44 bits per heavy atom. The second-order valence-corrected chi connectivity index (χ2v) is 8.49. The van der Waals surface area contributed by atoms with Gasteiger partial charge in [-0.05, 0) is 54.8 Å². The third kappa shape index (κ3) is 3.61. The van der Waals surface area contributed by atoms with E-state index in [1.807, 2.05) is 79.7 Å². The predicted molar refractivity (Wildman–Crippen MR) is 131 cm³/mol. The van der Waals surface area contributed by atoms with Crippen LogP contribution in [0, 0.1) is 12.3 Å². The highest BCUT2D eigenvalue weighted by Crippen LogP contribution is 2.45. The molecule has 0 fully saturated rings. The molecule has 2 aliphatic rings. The Morgan fingerprint density at radius 3 is 2.12 bits per heavy atom. The van der Waals surface area contributed by atoms with Crippen molar-refractivity contribution in [3.8, 4) is 0 Å². The summed E-state index contributed by atoms with van der Waals surface area (Å²) in [5.74, 6) is -1.05. The molecule has 1 atom stereocenters. The van der Waals surface area contributed by atoms with Gasteiger partial charge in [-0.2, -0.15) is 10.1 Å². The van der Waals surface area contributed by atoms with E-state index in [-0.39, 0.29) is 29.5 Å². The topological polar surface area (TPSA) is 66.8 Å². The van der Waals surface area contributed by atoms with Crippen molar-refractivity contribution >= 4 is 28.9 Å². The second-order valence-electron chi connectivity index (χ2n) is 8.49. The molecule has 3 aromatic rings. The Kier molecular flexibility index (Phi) is 5.38. The quantitative estimate of drug-likeness (QED) is 0.538. The first-order valence-corrected chi connectivity index (χ1v) is 11.1. The first kappa shape index (κ1) is 21.5. The zero-order valence-electron chi connectivity index (χ0n) is 18.6. The zero-order valence-corrected chi connectivity index (χ0v) is 18.6. The van der Waals surface area contributed by atoms with Crippen molar-refractivity contribution in [1.29, 1.82) is 0 Å². The third-order valence-corrected chi connectivity index (χ3v) is 6.21. The Hall–Kier alpha value is -4.38. The number of allylic oxidation sites excluding steroid dienone is 3. The fourth-order valence-corrected chi connectivity index (χ4v) is 4.51. The second kappa shape index (κ2) is 8.52. The molecule has 0 radical (unpaired) electrons. The lowest BCUT2D eigenvalue weighted by Gasteiger charge is -2.32. The maximum Gasteiger partial charge on any atom is 0.264 e. The predicted octanol–water partition coefficient (Wildman–Crippen LogP) is 4.61. The van der Waals surface area contributed by atoms with Gasteiger partial charge < -0.3 is 0 Å². The van der Waals surface area contributed by atoms with Crippen LogP contribution in [0.3, 0.4) is 0 Å². The summed E-state index contributed by atoms with van der Waals surface area (Å²) in [6, 6.07) is 26.3. The summed E-state index contributed by atoms with van der Waals surface area (Å²) in [6.45, 7) is 1.98. The molecule has 0 saturated heterocycles. The van der Waals surface area contributed by atoms with Crippen LogP contribution in [-0.4, -0.2) is 23.2 Å². The Bertz CT molecular complexity index is 1370. The largest absolute Gasteiger partial charge is 0.290 e. The third-order valence-electron chi connectivity index (χ3n) is 6.21. The van der Waals surface area contributed by atoms with Crippen molar-refractivity contribution in [2.75, 3.05) is 5.01 Å². The molecular formula is C29H22N2O3. The van der Waals surface area contributed by atoms with E-state index in [1.165, 1.54) is 23.2 Å². The number of nitrogens with zero attached hydrogens (tertiary/aromatic N) is 2. The average Bonchev–Trinajstić information content (AvgIpc) is 3.15. The molecule has 1 aliphatic heterocycles. The highest BCUT2D eigenvalue weighted by Gasteiger charge is 2.56. The van der Waals surface area contributed by atoms with Crippen LogP contribution >= 0.6 is 0 Å². The molecule has 5 rings (SSSR count). The molecule has 0 aromatic heterocycles. The fraction of sp³-hybridized carbons (Fsp3) is 0.103. The number of ketones is 2. The maximum absolute atomic E-state index is 14.3. The molecular weight excluding hydrogens is 424 g/mol. The molecule has 0 N–H and O–H groups in total. The van der Waals surface area contributed by atoms with Gasteiger partial charge in [-0.1, -0.05) is 78.4 Å². The van der Waals surface area contributed by atoms with E-state index in [0.717, 1.165) is 16.7 Å². The smallest absolute Gasteiger partial charge is 0.264 e. The molecule has 166 valence electrons. The maximum atomic E-state index is 14.3. The van der Waals surface area contributed by atoms with E-state index < -0.39 is 5.41 Å². The Labute approximate surface area is 197 Å². The number of para-hydroxylation sites is 1. The van der Waals surface area contributed by atoms with E-state index >= 15 is 0 Å². The van der Waals surface area contributed by atoms with E-state index in [2.05, 4.69) is 0 Å². The summed E-state index contributed by atoms with van der Waals surface area (Å²) >= 11 is 0. The van der Waals surface area contributed by atoms with Crippen LogP contribution in [0.5, 0.6) is 0 Å². The van der Waals surface area contributed by atoms with Gasteiger partial charge in [0.15, 0.2) is 11.6 Å². The van der Waals surface area contributed by atoms with Gasteiger partial charge in [0.25, 0.3) is 5.91 Å². The monoisotopic (exact) mass is 446 g/mol. The van der Waals surface area contributed by atoms with Crippen LogP contribution in [0.25, 0.3) is 0 Å². The molecule has 0 saturated carbocycles. The minimum absolute atomic E-state index is 0.145. The lowest BCUT2D eigenvalue weighted by molar-refractivity contribution is -0.124. The van der Waals surface area contributed by atoms with Gasteiger partial charge in [-0.15, -0.1) is 0 Å². The number of carbonyl (C=O) groups is 3. The number of hydrogen-bond donors (Lipinski definition) is 0. The van der Waals surface area contributed by atoms with Crippen molar-refractivity contribution in [1.82, 2.24) is 0 Å². The number of amides is 1. The lowest BCUT2D eigenvalue weighted by atomic mass is 9.67. The number of hydrazone groups is 1. The van der Waals surface area contributed by atoms with Crippen LogP contribution in [-0.2, 0) is 20.8 Å². The summed E-state index contributed by atoms with van der Waals surface area (Å²) in [5, 5.41) is 6.15. The molecule has 5 heteroatoms. The number of carbonyl (C=O) groups excluding carboxylic acids is 3. The van der Waals surface area contributed by atoms with Gasteiger partial charge in [-0.3, -0.25) is 14.4 Å². The summed E-state index contributed by atoms with van der Waals surface area (Å²) in [4.78, 5) is 40.0. The molecule has 1 unspecified atom stereocenters. The van der Waals surface area contributed by atoms with Gasteiger partial charge in [0, 0.05) is 5.57 Å². The number of hydrogen-bond acceptors (Lipinski definition) is 4. The zero-order chi connectivity index (χ0) is 23.7. The summed E-state index contributed by atoms with van der Waals surface area (Å²) in [6.07, 6.45) is 3.97. The number of aryl methyl sites for hydroxylation is 1. The highest BCUT2D eigenvalue weighted by atomic mass is 16.2. The number of benzene rings is 3. The van der Waals surface area contributed by atoms with Crippen LogP contribution in [0.15, 0.2) is 114 Å². The van der Waals surface area contributed by atoms with Crippen molar-refractivity contribution in [2.24, 2.45) is 10.5 Å². The van der Waals surface area contributed by atoms with E-state index in [0.29, 0.717) is 11.4 Å². The minimum Gasteiger partial charge on any atom is -0.290 e. The molecule has 34 heavy (non-hydrogen) atoms. The van der Waals surface area contributed by atoms with Gasteiger partial charge in [0.1, 0.15) is 5.41 Å². The molecule has 0 bridgehead atoms. The van der Waals surface area contributed by atoms with Gasteiger partial charge >= 0.3 is 0 Å². The SMILES string of the molecule is Cc1ccc(C2=NN(c3ccccc3)C(=O)C2(Cc2ccccc2)C2=CC(=O)C=CC2=O)cc1. The Morgan fingerprint density at radius 1 is 0.794 bits per heavy atom. The first-order valence-electron chi connectivity index (χ1n) is 11.1. The summed E-state index contributed by atoms with van der Waals surface area (Å²) < 4.78 is 0. The molecule has 3 aromatic carbocycles. The van der Waals surface area contributed by atoms with Crippen molar-refractivity contribution < 1.29 is 14.4 Å². The van der Waals surface area contributed by atoms with Gasteiger partial charge in [-0.25, -0.2) is 0 Å². The Balaban J connectivity index is 1.78. The summed E-state index contributed by atoms with van der Waals surface area (Å²) in [5.41, 5.74) is 2.39. The number of rotatable bonds is 5. The molecule has 5 nitrogen and oxygen atoms in total. The van der Waals surface area contributed by atoms with E-state index in [1.54, 1.807) is 12.1 Å². The van der Waals surface area contributed by atoms with Crippen LogP contribution in [0.2, 0.25) is 0 Å². The van der Waals surface area contributed by atoms with Gasteiger partial charge in [0.2, 0.25) is 0 Å². The molecule has 1 heterocycles. The van der Waals surface area contributed by atoms with Crippen LogP contribution in [0.1, 0.15) is 16.7 Å². The average molecular weight is 447 g/mol. The van der Waals surface area contributed by atoms with Gasteiger partial charge in [0.05, 0.1) is 11.4 Å². The molecule has 1 aliphatic carbocycles. The normalized spacial score (nSPS) is 19.9. The van der Waals surface area contributed by atoms with E-state index in [4.69, 9.17) is 5.10 Å². The summed E-state index contributed by atoms with van der Waals surface area (Å²) in [7, 11) is 0. The van der Waals surface area contributed by atoms with Crippen molar-refractivity contribution in [3.05, 3.63) is 125 Å². The van der Waals surface area contributed by atoms with Crippen LogP contribution < -0.4 is 5.01 Å². The van der Waals surface area contributed by atoms with Crippen molar-refractivity contribution in [3.63, 3.8) is 0 Å². The lowest BCUT2D eigenvalue weighted by Crippen LogP contribution is -2.46. The fourth-order valence-electron chi connectivity index (χ4n) is 4.51. The van der Waals surface area contributed by atoms with E-state index in [9.17, 15) is 14.4 Å². The van der Waals surface area contributed by atoms with Crippen LogP contribution in [0.4, 0.5) is 5.69 Å². The number of anilines is 1. The van der Waals surface area contributed by atoms with Crippen molar-refractivity contribution in [2.45, 2.75) is 13.3 Å². The molecule has 1 amide bonds.